The Morgan fingerprint density at radius 1 is 1.23 bits per heavy atom. The molecular weight excluding hydrogens is 276 g/mol. The van der Waals surface area contributed by atoms with Crippen molar-refractivity contribution < 1.29 is 4.79 Å². The van der Waals surface area contributed by atoms with E-state index in [1.807, 2.05) is 13.8 Å². The summed E-state index contributed by atoms with van der Waals surface area (Å²) in [5, 5.41) is 9.36. The van der Waals surface area contributed by atoms with Gasteiger partial charge in [0.1, 0.15) is 0 Å². The van der Waals surface area contributed by atoms with Gasteiger partial charge in [0.15, 0.2) is 5.96 Å². The summed E-state index contributed by atoms with van der Waals surface area (Å²) in [6.07, 6.45) is 8.59. The molecule has 0 atom stereocenters. The number of carbonyl (C=O) groups is 1. The quantitative estimate of drug-likeness (QED) is 0.348. The highest BCUT2D eigenvalue weighted by Crippen LogP contribution is 2.28. The van der Waals surface area contributed by atoms with Gasteiger partial charge in [0.05, 0.1) is 0 Å². The van der Waals surface area contributed by atoms with Crippen molar-refractivity contribution in [3.8, 4) is 0 Å². The maximum absolute atomic E-state index is 11.6. The van der Waals surface area contributed by atoms with E-state index in [0.29, 0.717) is 13.0 Å². The van der Waals surface area contributed by atoms with Crippen molar-refractivity contribution in [2.75, 3.05) is 19.6 Å². The fourth-order valence-electron chi connectivity index (χ4n) is 2.90. The lowest BCUT2D eigenvalue weighted by Crippen LogP contribution is -2.40. The molecule has 0 aromatic carbocycles. The van der Waals surface area contributed by atoms with Crippen LogP contribution in [0, 0.1) is 5.92 Å². The molecule has 0 spiro atoms. The number of nitrogens with zero attached hydrogens (tertiary/aromatic N) is 1. The van der Waals surface area contributed by atoms with E-state index >= 15 is 0 Å². The Balaban J connectivity index is 2.18. The van der Waals surface area contributed by atoms with Gasteiger partial charge in [-0.3, -0.25) is 9.79 Å². The van der Waals surface area contributed by atoms with Gasteiger partial charge in [0.2, 0.25) is 5.91 Å². The van der Waals surface area contributed by atoms with E-state index in [2.05, 4.69) is 27.9 Å². The zero-order chi connectivity index (χ0) is 16.2. The predicted molar refractivity (Wildman–Crippen MR) is 93.1 cm³/mol. The van der Waals surface area contributed by atoms with Crippen LogP contribution < -0.4 is 16.0 Å². The lowest BCUT2D eigenvalue weighted by Gasteiger charge is -2.12. The number of amides is 1. The standard InChI is InChI=1S/C17H34N4O/c1-4-18-17(20-13-11-16(22)21-14(2)3)19-12-7-10-15-8-5-6-9-15/h14-15H,4-13H2,1-3H3,(H,21,22)(H2,18,19,20). The second-order valence-corrected chi connectivity index (χ2v) is 6.45. The third kappa shape index (κ3) is 8.90. The normalized spacial score (nSPS) is 16.1. The first-order valence-corrected chi connectivity index (χ1v) is 8.93. The van der Waals surface area contributed by atoms with Crippen molar-refractivity contribution in [2.24, 2.45) is 10.9 Å². The van der Waals surface area contributed by atoms with Crippen molar-refractivity contribution in [2.45, 2.75) is 71.8 Å². The first kappa shape index (κ1) is 18.8. The molecule has 0 aromatic heterocycles. The Hall–Kier alpha value is -1.26. The number of rotatable bonds is 9. The van der Waals surface area contributed by atoms with Crippen LogP contribution >= 0.6 is 0 Å². The zero-order valence-electron chi connectivity index (χ0n) is 14.6. The van der Waals surface area contributed by atoms with Crippen LogP contribution in [0.1, 0.15) is 65.7 Å². The SMILES string of the molecule is CCNC(=NCCCC1CCCC1)NCCC(=O)NC(C)C. The average molecular weight is 310 g/mol. The van der Waals surface area contributed by atoms with Gasteiger partial charge in [-0.25, -0.2) is 0 Å². The van der Waals surface area contributed by atoms with Crippen LogP contribution in [0.4, 0.5) is 0 Å². The predicted octanol–water partition coefficient (Wildman–Crippen LogP) is 2.43. The van der Waals surface area contributed by atoms with Crippen LogP contribution in [0.5, 0.6) is 0 Å². The van der Waals surface area contributed by atoms with E-state index in [4.69, 9.17) is 0 Å². The summed E-state index contributed by atoms with van der Waals surface area (Å²) in [5.41, 5.74) is 0. The highest BCUT2D eigenvalue weighted by molar-refractivity contribution is 5.81. The van der Waals surface area contributed by atoms with Gasteiger partial charge in [-0.15, -0.1) is 0 Å². The van der Waals surface area contributed by atoms with Crippen LogP contribution in [0.3, 0.4) is 0 Å². The minimum absolute atomic E-state index is 0.0829. The van der Waals surface area contributed by atoms with Gasteiger partial charge in [0, 0.05) is 32.1 Å². The topological polar surface area (TPSA) is 65.5 Å². The largest absolute Gasteiger partial charge is 0.357 e. The van der Waals surface area contributed by atoms with Crippen molar-refractivity contribution in [3.05, 3.63) is 0 Å². The first-order chi connectivity index (χ1) is 10.6. The van der Waals surface area contributed by atoms with Crippen LogP contribution in [0.2, 0.25) is 0 Å². The second kappa shape index (κ2) is 11.3. The molecule has 5 heteroatoms. The van der Waals surface area contributed by atoms with Crippen molar-refractivity contribution in [1.82, 2.24) is 16.0 Å². The Bertz CT molecular complexity index is 336. The molecule has 1 aliphatic rings. The molecule has 0 bridgehead atoms. The molecule has 1 fully saturated rings. The number of nitrogens with one attached hydrogen (secondary N) is 3. The molecule has 0 radical (unpaired) electrons. The summed E-state index contributed by atoms with van der Waals surface area (Å²) >= 11 is 0. The Morgan fingerprint density at radius 2 is 1.95 bits per heavy atom. The Morgan fingerprint density at radius 3 is 2.59 bits per heavy atom. The van der Waals surface area contributed by atoms with E-state index in [0.717, 1.165) is 31.4 Å². The molecular formula is C17H34N4O. The number of hydrogen-bond acceptors (Lipinski definition) is 2. The summed E-state index contributed by atoms with van der Waals surface area (Å²) in [6.45, 7) is 8.33. The average Bonchev–Trinajstić information content (AvgIpc) is 2.95. The van der Waals surface area contributed by atoms with Gasteiger partial charge in [0.25, 0.3) is 0 Å². The lowest BCUT2D eigenvalue weighted by atomic mass is 10.0. The molecule has 0 heterocycles. The third-order valence-electron chi connectivity index (χ3n) is 3.95. The molecule has 0 unspecified atom stereocenters. The number of hydrogen-bond donors (Lipinski definition) is 3. The zero-order valence-corrected chi connectivity index (χ0v) is 14.6. The van der Waals surface area contributed by atoms with Crippen LogP contribution in [-0.4, -0.2) is 37.5 Å². The molecule has 3 N–H and O–H groups in total. The molecule has 1 saturated carbocycles. The second-order valence-electron chi connectivity index (χ2n) is 6.45. The summed E-state index contributed by atoms with van der Waals surface area (Å²) in [7, 11) is 0. The van der Waals surface area contributed by atoms with Gasteiger partial charge >= 0.3 is 0 Å². The third-order valence-corrected chi connectivity index (χ3v) is 3.95. The smallest absolute Gasteiger partial charge is 0.221 e. The van der Waals surface area contributed by atoms with Crippen molar-refractivity contribution in [3.63, 3.8) is 0 Å². The monoisotopic (exact) mass is 310 g/mol. The first-order valence-electron chi connectivity index (χ1n) is 8.93. The molecule has 0 aromatic rings. The Kier molecular flexibility index (Phi) is 9.67. The molecule has 1 aliphatic carbocycles. The van der Waals surface area contributed by atoms with Gasteiger partial charge < -0.3 is 16.0 Å². The summed E-state index contributed by atoms with van der Waals surface area (Å²) < 4.78 is 0. The van der Waals surface area contributed by atoms with Gasteiger partial charge in [-0.2, -0.15) is 0 Å². The maximum Gasteiger partial charge on any atom is 0.221 e. The summed E-state index contributed by atoms with van der Waals surface area (Å²) in [4.78, 5) is 16.2. The maximum atomic E-state index is 11.6. The number of aliphatic imine (C=N–C) groups is 1. The summed E-state index contributed by atoms with van der Waals surface area (Å²) in [5.74, 6) is 1.84. The number of guanidine groups is 1. The van der Waals surface area contributed by atoms with Crippen LogP contribution in [0.25, 0.3) is 0 Å². The Labute approximate surface area is 135 Å². The van der Waals surface area contributed by atoms with Crippen molar-refractivity contribution >= 4 is 11.9 Å². The van der Waals surface area contributed by atoms with Gasteiger partial charge in [-0.05, 0) is 39.5 Å². The highest BCUT2D eigenvalue weighted by atomic mass is 16.1. The van der Waals surface area contributed by atoms with E-state index < -0.39 is 0 Å². The molecule has 1 rings (SSSR count). The highest BCUT2D eigenvalue weighted by Gasteiger charge is 2.13. The fourth-order valence-corrected chi connectivity index (χ4v) is 2.90. The fraction of sp³-hybridized carbons (Fsp3) is 0.882. The minimum atomic E-state index is 0.0829. The molecule has 0 saturated heterocycles. The van der Waals surface area contributed by atoms with Gasteiger partial charge in [-0.1, -0.05) is 25.7 Å². The molecule has 1 amide bonds. The van der Waals surface area contributed by atoms with E-state index in [9.17, 15) is 4.79 Å². The van der Waals surface area contributed by atoms with Crippen molar-refractivity contribution in [1.29, 1.82) is 0 Å². The summed E-state index contributed by atoms with van der Waals surface area (Å²) in [6, 6.07) is 0.199. The molecule has 128 valence electrons. The molecule has 5 nitrogen and oxygen atoms in total. The van der Waals surface area contributed by atoms with E-state index in [1.54, 1.807) is 0 Å². The lowest BCUT2D eigenvalue weighted by molar-refractivity contribution is -0.121. The van der Waals surface area contributed by atoms with E-state index in [1.165, 1.54) is 32.1 Å². The van der Waals surface area contributed by atoms with Crippen LogP contribution in [0.15, 0.2) is 4.99 Å². The minimum Gasteiger partial charge on any atom is -0.357 e. The molecule has 0 aliphatic heterocycles. The van der Waals surface area contributed by atoms with E-state index in [-0.39, 0.29) is 11.9 Å². The number of carbonyl (C=O) groups excluding carboxylic acids is 1. The van der Waals surface area contributed by atoms with Crippen LogP contribution in [-0.2, 0) is 4.79 Å². The molecule has 22 heavy (non-hydrogen) atoms.